The monoisotopic (exact) mass is 467 g/mol. The van der Waals surface area contributed by atoms with Gasteiger partial charge in [-0.1, -0.05) is 5.16 Å². The molecule has 1 aliphatic rings. The highest BCUT2D eigenvalue weighted by atomic mass is 19.4. The van der Waals surface area contributed by atoms with E-state index < -0.39 is 28.6 Å². The van der Waals surface area contributed by atoms with Crippen molar-refractivity contribution >= 4 is 17.8 Å². The van der Waals surface area contributed by atoms with Crippen LogP contribution in [0.4, 0.5) is 18.9 Å². The number of fused-ring (bicyclic) bond motifs is 1. The number of amides is 1. The summed E-state index contributed by atoms with van der Waals surface area (Å²) in [6.45, 7) is 1.06. The Balaban J connectivity index is 1.43. The number of nitrogens with one attached hydrogen (secondary N) is 1. The van der Waals surface area contributed by atoms with Gasteiger partial charge in [-0.15, -0.1) is 0 Å². The average Bonchev–Trinajstić information content (AvgIpc) is 3.47. The molecule has 172 valence electrons. The van der Waals surface area contributed by atoms with Crippen LogP contribution in [-0.4, -0.2) is 43.8 Å². The van der Waals surface area contributed by atoms with Crippen molar-refractivity contribution in [3.05, 3.63) is 57.0 Å². The van der Waals surface area contributed by atoms with Gasteiger partial charge in [0.1, 0.15) is 6.54 Å². The molecule has 0 saturated heterocycles. The number of hydrogen-bond donors (Lipinski definition) is 1. The van der Waals surface area contributed by atoms with Crippen molar-refractivity contribution in [2.24, 2.45) is 5.10 Å². The van der Waals surface area contributed by atoms with Crippen LogP contribution in [-0.2, 0) is 12.7 Å². The average molecular weight is 467 g/mol. The van der Waals surface area contributed by atoms with Crippen LogP contribution in [0, 0.1) is 17.0 Å². The van der Waals surface area contributed by atoms with Gasteiger partial charge in [0.15, 0.2) is 23.0 Å². The first-order chi connectivity index (χ1) is 15.6. The summed E-state index contributed by atoms with van der Waals surface area (Å²) in [7, 11) is 0. The summed E-state index contributed by atoms with van der Waals surface area (Å²) in [6, 6.07) is 3.34. The molecule has 0 spiro atoms. The van der Waals surface area contributed by atoms with Crippen molar-refractivity contribution < 1.29 is 36.9 Å². The van der Waals surface area contributed by atoms with E-state index in [4.69, 9.17) is 14.0 Å². The summed E-state index contributed by atoms with van der Waals surface area (Å²) >= 11 is 0. The van der Waals surface area contributed by atoms with E-state index in [0.29, 0.717) is 0 Å². The second-order valence-corrected chi connectivity index (χ2v) is 6.56. The molecule has 0 saturated carbocycles. The third-order valence-corrected chi connectivity index (χ3v) is 4.31. The molecular formula is C17H12F3N7O6. The quantitative estimate of drug-likeness (QED) is 0.325. The normalized spacial score (nSPS) is 13.0. The van der Waals surface area contributed by atoms with E-state index in [0.717, 1.165) is 23.0 Å². The van der Waals surface area contributed by atoms with Gasteiger partial charge in [-0.25, -0.2) is 5.43 Å². The molecule has 13 nitrogen and oxygen atoms in total. The molecule has 0 bridgehead atoms. The maximum absolute atomic E-state index is 12.8. The molecule has 1 amide bonds. The largest absolute Gasteiger partial charge is 0.454 e. The van der Waals surface area contributed by atoms with Crippen molar-refractivity contribution in [2.75, 3.05) is 6.79 Å². The molecule has 0 radical (unpaired) electrons. The van der Waals surface area contributed by atoms with Crippen molar-refractivity contribution in [3.8, 4) is 11.5 Å². The molecule has 4 rings (SSSR count). The fraction of sp³-hybridized carbons (Fsp3) is 0.235. The maximum Gasteiger partial charge on any atom is 0.435 e. The Kier molecular flexibility index (Phi) is 5.40. The summed E-state index contributed by atoms with van der Waals surface area (Å²) < 4.78 is 54.3. The van der Waals surface area contributed by atoms with Crippen LogP contribution in [0.15, 0.2) is 27.8 Å². The first kappa shape index (κ1) is 21.7. The van der Waals surface area contributed by atoms with Crippen LogP contribution in [0.2, 0.25) is 0 Å². The van der Waals surface area contributed by atoms with Gasteiger partial charge in [-0.05, 0) is 19.1 Å². The molecule has 0 fully saturated rings. The lowest BCUT2D eigenvalue weighted by Crippen LogP contribution is -2.18. The van der Waals surface area contributed by atoms with E-state index in [1.54, 1.807) is 0 Å². The molecule has 33 heavy (non-hydrogen) atoms. The molecule has 2 aromatic heterocycles. The number of carbonyl (C=O) groups excluding carboxylic acids is 1. The van der Waals surface area contributed by atoms with Gasteiger partial charge in [0.2, 0.25) is 6.79 Å². The van der Waals surface area contributed by atoms with Crippen molar-refractivity contribution in [2.45, 2.75) is 19.6 Å². The number of nitro groups is 1. The number of ether oxygens (including phenoxy) is 2. The van der Waals surface area contributed by atoms with Gasteiger partial charge in [0.25, 0.3) is 5.69 Å². The van der Waals surface area contributed by atoms with E-state index in [1.807, 2.05) is 0 Å². The van der Waals surface area contributed by atoms with Crippen LogP contribution < -0.4 is 14.9 Å². The summed E-state index contributed by atoms with van der Waals surface area (Å²) in [5.41, 5.74) is 0.893. The Hall–Kier alpha value is -4.50. The third-order valence-electron chi connectivity index (χ3n) is 4.31. The molecule has 1 aromatic carbocycles. The van der Waals surface area contributed by atoms with E-state index in [-0.39, 0.29) is 47.6 Å². The Morgan fingerprint density at radius 2 is 2.06 bits per heavy atom. The number of alkyl halides is 3. The molecule has 1 N–H and O–H groups in total. The standard InChI is InChI=1S/C17H12F3N7O6/c1-8-2-13(17(18,19)20)24-26(8)6-14-22-16(33-25-14)15(28)23-21-5-9-3-11-12(32-7-31-11)4-10(9)27(29)30/h2-5H,6-7H2,1H3,(H,23,28)/b21-5-. The number of nitrogens with zero attached hydrogens (tertiary/aromatic N) is 6. The van der Waals surface area contributed by atoms with Crippen LogP contribution in [0.3, 0.4) is 0 Å². The fourth-order valence-electron chi connectivity index (χ4n) is 2.77. The highest BCUT2D eigenvalue weighted by Gasteiger charge is 2.34. The number of nitro benzene ring substituents is 1. The molecular weight excluding hydrogens is 455 g/mol. The first-order valence-corrected chi connectivity index (χ1v) is 8.97. The summed E-state index contributed by atoms with van der Waals surface area (Å²) in [6.07, 6.45) is -3.59. The van der Waals surface area contributed by atoms with E-state index in [9.17, 15) is 28.1 Å². The predicted molar refractivity (Wildman–Crippen MR) is 99.6 cm³/mol. The van der Waals surface area contributed by atoms with Gasteiger partial charge >= 0.3 is 18.0 Å². The smallest absolute Gasteiger partial charge is 0.435 e. The van der Waals surface area contributed by atoms with Crippen molar-refractivity contribution in [1.29, 1.82) is 0 Å². The van der Waals surface area contributed by atoms with Gasteiger partial charge in [-0.3, -0.25) is 19.6 Å². The van der Waals surface area contributed by atoms with Gasteiger partial charge < -0.3 is 14.0 Å². The Labute approximate surface area is 180 Å². The Bertz CT molecular complexity index is 1270. The maximum atomic E-state index is 12.8. The number of rotatable bonds is 6. The van der Waals surface area contributed by atoms with Crippen molar-refractivity contribution in [3.63, 3.8) is 0 Å². The van der Waals surface area contributed by atoms with Crippen molar-refractivity contribution in [1.82, 2.24) is 25.3 Å². The molecule has 3 aromatic rings. The minimum Gasteiger partial charge on any atom is -0.454 e. The summed E-state index contributed by atoms with van der Waals surface area (Å²) in [4.78, 5) is 26.5. The number of hydrazone groups is 1. The highest BCUT2D eigenvalue weighted by molar-refractivity contribution is 5.92. The molecule has 0 aliphatic carbocycles. The summed E-state index contributed by atoms with van der Waals surface area (Å²) in [5.74, 6) is -1.09. The zero-order chi connectivity index (χ0) is 23.8. The second kappa shape index (κ2) is 8.21. The number of aryl methyl sites for hydroxylation is 1. The minimum absolute atomic E-state index is 0.0328. The van der Waals surface area contributed by atoms with E-state index in [1.165, 1.54) is 13.0 Å². The molecule has 16 heteroatoms. The van der Waals surface area contributed by atoms with Crippen LogP contribution >= 0.6 is 0 Å². The lowest BCUT2D eigenvalue weighted by Gasteiger charge is -2.01. The minimum atomic E-state index is -4.61. The zero-order valence-corrected chi connectivity index (χ0v) is 16.5. The zero-order valence-electron chi connectivity index (χ0n) is 16.5. The lowest BCUT2D eigenvalue weighted by atomic mass is 10.1. The predicted octanol–water partition coefficient (Wildman–Crippen LogP) is 2.04. The third kappa shape index (κ3) is 4.58. The lowest BCUT2D eigenvalue weighted by molar-refractivity contribution is -0.385. The molecule has 0 atom stereocenters. The number of benzene rings is 1. The van der Waals surface area contributed by atoms with Gasteiger partial charge in [0.05, 0.1) is 22.8 Å². The van der Waals surface area contributed by atoms with Crippen LogP contribution in [0.1, 0.15) is 33.5 Å². The van der Waals surface area contributed by atoms with E-state index >= 15 is 0 Å². The molecule has 0 unspecified atom stereocenters. The highest BCUT2D eigenvalue weighted by Crippen LogP contribution is 2.37. The Morgan fingerprint density at radius 3 is 2.73 bits per heavy atom. The fourth-order valence-corrected chi connectivity index (χ4v) is 2.77. The molecule has 1 aliphatic heterocycles. The number of aromatic nitrogens is 4. The Morgan fingerprint density at radius 1 is 1.33 bits per heavy atom. The van der Waals surface area contributed by atoms with Gasteiger partial charge in [-0.2, -0.15) is 28.4 Å². The number of hydrogen-bond acceptors (Lipinski definition) is 10. The SMILES string of the molecule is Cc1cc(C(F)(F)F)nn1Cc1noc(C(=O)N/N=C\c2cc3c(cc2[N+](=O)[O-])OCO3)n1. The number of halogens is 3. The van der Waals surface area contributed by atoms with E-state index in [2.05, 4.69) is 25.8 Å². The van der Waals surface area contributed by atoms with Crippen LogP contribution in [0.25, 0.3) is 0 Å². The topological polar surface area (TPSA) is 160 Å². The number of carbonyl (C=O) groups is 1. The first-order valence-electron chi connectivity index (χ1n) is 8.97. The second-order valence-electron chi connectivity index (χ2n) is 6.56. The van der Waals surface area contributed by atoms with Crippen LogP contribution in [0.5, 0.6) is 11.5 Å². The summed E-state index contributed by atoms with van der Waals surface area (Å²) in [5, 5.41) is 21.8. The molecule has 3 heterocycles. The van der Waals surface area contributed by atoms with Gasteiger partial charge in [0, 0.05) is 5.69 Å².